The molecule has 1 fully saturated rings. The maximum absolute atomic E-state index is 13.4. The first kappa shape index (κ1) is 15.2. The zero-order valence-electron chi connectivity index (χ0n) is 11.8. The molecule has 1 aromatic rings. The molecule has 0 aromatic heterocycles. The Morgan fingerprint density at radius 2 is 2.24 bits per heavy atom. The van der Waals surface area contributed by atoms with Gasteiger partial charge in [-0.25, -0.2) is 4.39 Å². The van der Waals surface area contributed by atoms with Crippen LogP contribution in [-0.4, -0.2) is 56.0 Å². The lowest BCUT2D eigenvalue weighted by Crippen LogP contribution is -2.60. The van der Waals surface area contributed by atoms with Gasteiger partial charge in [-0.05, 0) is 12.1 Å². The molecule has 1 aromatic carbocycles. The summed E-state index contributed by atoms with van der Waals surface area (Å²) in [5.41, 5.74) is 0. The van der Waals surface area contributed by atoms with E-state index in [4.69, 9.17) is 4.74 Å². The summed E-state index contributed by atoms with van der Waals surface area (Å²) in [6, 6.07) is 5.32. The Labute approximate surface area is 122 Å². The number of piperazine rings is 1. The van der Waals surface area contributed by atoms with E-state index in [0.717, 1.165) is 0 Å². The number of carbonyl (C=O) groups excluding carboxylic acids is 2. The molecule has 6 nitrogen and oxygen atoms in total. The van der Waals surface area contributed by atoms with Gasteiger partial charge >= 0.3 is 0 Å². The van der Waals surface area contributed by atoms with Gasteiger partial charge in [0, 0.05) is 26.7 Å². The van der Waals surface area contributed by atoms with E-state index >= 15 is 0 Å². The summed E-state index contributed by atoms with van der Waals surface area (Å²) >= 11 is 0. The Balaban J connectivity index is 1.98. The standard InChI is InChI=1S/C14H18FN3O3/c1-16-14(20)11-8-17-6-7-18(11)13(19)9-21-12-5-3-2-4-10(12)15/h2-5,11,17H,6-9H2,1H3,(H,16,20)/t11-/m0/s1. The predicted molar refractivity (Wildman–Crippen MR) is 74.3 cm³/mol. The van der Waals surface area contributed by atoms with Crippen molar-refractivity contribution >= 4 is 11.8 Å². The monoisotopic (exact) mass is 295 g/mol. The fraction of sp³-hybridized carbons (Fsp3) is 0.429. The molecular weight excluding hydrogens is 277 g/mol. The number of para-hydroxylation sites is 1. The number of likely N-dealkylation sites (N-methyl/N-ethyl adjacent to an activating group) is 1. The molecule has 1 atom stereocenters. The lowest BCUT2D eigenvalue weighted by molar-refractivity contribution is -0.142. The van der Waals surface area contributed by atoms with Gasteiger partial charge in [0.05, 0.1) is 0 Å². The maximum Gasteiger partial charge on any atom is 0.261 e. The minimum Gasteiger partial charge on any atom is -0.481 e. The summed E-state index contributed by atoms with van der Waals surface area (Å²) in [5, 5.41) is 5.59. The Hall–Kier alpha value is -2.15. The average Bonchev–Trinajstić information content (AvgIpc) is 2.53. The molecule has 1 saturated heterocycles. The van der Waals surface area contributed by atoms with Gasteiger partial charge < -0.3 is 20.3 Å². The third-order valence-corrected chi connectivity index (χ3v) is 3.30. The van der Waals surface area contributed by atoms with Gasteiger partial charge in [-0.15, -0.1) is 0 Å². The smallest absolute Gasteiger partial charge is 0.261 e. The van der Waals surface area contributed by atoms with Gasteiger partial charge in [0.25, 0.3) is 5.91 Å². The highest BCUT2D eigenvalue weighted by atomic mass is 19.1. The van der Waals surface area contributed by atoms with Crippen LogP contribution in [-0.2, 0) is 9.59 Å². The molecule has 0 radical (unpaired) electrons. The molecule has 0 saturated carbocycles. The molecule has 0 aliphatic carbocycles. The second-order valence-corrected chi connectivity index (χ2v) is 4.64. The van der Waals surface area contributed by atoms with Crippen molar-refractivity contribution in [2.75, 3.05) is 33.3 Å². The average molecular weight is 295 g/mol. The van der Waals surface area contributed by atoms with Crippen molar-refractivity contribution < 1.29 is 18.7 Å². The fourth-order valence-electron chi connectivity index (χ4n) is 2.19. The third-order valence-electron chi connectivity index (χ3n) is 3.30. The van der Waals surface area contributed by atoms with Gasteiger partial charge in [0.15, 0.2) is 18.2 Å². The third kappa shape index (κ3) is 3.69. The zero-order chi connectivity index (χ0) is 15.2. The Bertz CT molecular complexity index is 524. The van der Waals surface area contributed by atoms with E-state index < -0.39 is 11.9 Å². The van der Waals surface area contributed by atoms with Crippen LogP contribution in [0.3, 0.4) is 0 Å². The highest BCUT2D eigenvalue weighted by Gasteiger charge is 2.31. The van der Waals surface area contributed by atoms with Crippen molar-refractivity contribution in [3.05, 3.63) is 30.1 Å². The molecule has 2 rings (SSSR count). The number of nitrogens with one attached hydrogen (secondary N) is 2. The van der Waals surface area contributed by atoms with Crippen LogP contribution in [0.1, 0.15) is 0 Å². The van der Waals surface area contributed by atoms with Crippen molar-refractivity contribution in [3.8, 4) is 5.75 Å². The van der Waals surface area contributed by atoms with Crippen molar-refractivity contribution in [1.29, 1.82) is 0 Å². The van der Waals surface area contributed by atoms with Crippen LogP contribution in [0.15, 0.2) is 24.3 Å². The van der Waals surface area contributed by atoms with Crippen LogP contribution in [0.25, 0.3) is 0 Å². The molecular formula is C14H18FN3O3. The van der Waals surface area contributed by atoms with E-state index in [0.29, 0.717) is 19.6 Å². The summed E-state index contributed by atoms with van der Waals surface area (Å²) < 4.78 is 18.6. The number of ether oxygens (including phenoxy) is 1. The number of benzene rings is 1. The number of rotatable bonds is 4. The first-order valence-electron chi connectivity index (χ1n) is 6.72. The van der Waals surface area contributed by atoms with Gasteiger partial charge in [0.2, 0.25) is 5.91 Å². The van der Waals surface area contributed by atoms with Gasteiger partial charge in [-0.1, -0.05) is 12.1 Å². The van der Waals surface area contributed by atoms with E-state index in [1.54, 1.807) is 12.1 Å². The number of amides is 2. The molecule has 0 unspecified atom stereocenters. The molecule has 0 bridgehead atoms. The van der Waals surface area contributed by atoms with Crippen molar-refractivity contribution in [2.24, 2.45) is 0 Å². The molecule has 21 heavy (non-hydrogen) atoms. The van der Waals surface area contributed by atoms with Crippen LogP contribution in [0, 0.1) is 5.82 Å². The molecule has 1 aliphatic heterocycles. The van der Waals surface area contributed by atoms with E-state index in [1.807, 2.05) is 0 Å². The minimum atomic E-state index is -0.569. The van der Waals surface area contributed by atoms with Crippen molar-refractivity contribution in [1.82, 2.24) is 15.5 Å². The largest absolute Gasteiger partial charge is 0.481 e. The summed E-state index contributed by atoms with van der Waals surface area (Å²) in [6.45, 7) is 1.12. The summed E-state index contributed by atoms with van der Waals surface area (Å²) in [5.74, 6) is -1.07. The van der Waals surface area contributed by atoms with Crippen molar-refractivity contribution in [2.45, 2.75) is 6.04 Å². The predicted octanol–water partition coefficient (Wildman–Crippen LogP) is -0.249. The molecule has 7 heteroatoms. The topological polar surface area (TPSA) is 70.7 Å². The second kappa shape index (κ2) is 7.03. The summed E-state index contributed by atoms with van der Waals surface area (Å²) in [7, 11) is 1.52. The number of hydrogen-bond acceptors (Lipinski definition) is 4. The Morgan fingerprint density at radius 3 is 2.95 bits per heavy atom. The lowest BCUT2D eigenvalue weighted by Gasteiger charge is -2.34. The maximum atomic E-state index is 13.4. The van der Waals surface area contributed by atoms with Crippen LogP contribution in [0.4, 0.5) is 4.39 Å². The number of carbonyl (C=O) groups is 2. The van der Waals surface area contributed by atoms with E-state index in [1.165, 1.54) is 24.1 Å². The normalized spacial score (nSPS) is 18.2. The van der Waals surface area contributed by atoms with Gasteiger partial charge in [0.1, 0.15) is 6.04 Å². The quantitative estimate of drug-likeness (QED) is 0.804. The fourth-order valence-corrected chi connectivity index (χ4v) is 2.19. The van der Waals surface area contributed by atoms with Gasteiger partial charge in [-0.2, -0.15) is 0 Å². The second-order valence-electron chi connectivity index (χ2n) is 4.64. The lowest BCUT2D eigenvalue weighted by atomic mass is 10.1. The molecule has 1 aliphatic rings. The van der Waals surface area contributed by atoms with Crippen LogP contribution >= 0.6 is 0 Å². The number of halogens is 1. The van der Waals surface area contributed by atoms with Crippen LogP contribution < -0.4 is 15.4 Å². The molecule has 2 amide bonds. The van der Waals surface area contributed by atoms with E-state index in [-0.39, 0.29) is 24.2 Å². The highest BCUT2D eigenvalue weighted by molar-refractivity contribution is 5.88. The molecule has 1 heterocycles. The Kier molecular flexibility index (Phi) is 5.10. The molecule has 114 valence electrons. The zero-order valence-corrected chi connectivity index (χ0v) is 11.8. The minimum absolute atomic E-state index is 0.0254. The summed E-state index contributed by atoms with van der Waals surface area (Å²) in [4.78, 5) is 25.4. The van der Waals surface area contributed by atoms with E-state index in [9.17, 15) is 14.0 Å². The van der Waals surface area contributed by atoms with Gasteiger partial charge in [-0.3, -0.25) is 9.59 Å². The van der Waals surface area contributed by atoms with Crippen molar-refractivity contribution in [3.63, 3.8) is 0 Å². The van der Waals surface area contributed by atoms with E-state index in [2.05, 4.69) is 10.6 Å². The van der Waals surface area contributed by atoms with Crippen LogP contribution in [0.5, 0.6) is 5.75 Å². The van der Waals surface area contributed by atoms with Crippen LogP contribution in [0.2, 0.25) is 0 Å². The summed E-state index contributed by atoms with van der Waals surface area (Å²) in [6.07, 6.45) is 0. The molecule has 2 N–H and O–H groups in total. The molecule has 0 spiro atoms. The Morgan fingerprint density at radius 1 is 1.48 bits per heavy atom. The number of nitrogens with zero attached hydrogens (tertiary/aromatic N) is 1. The first-order chi connectivity index (χ1) is 10.1. The highest BCUT2D eigenvalue weighted by Crippen LogP contribution is 2.15. The first-order valence-corrected chi connectivity index (χ1v) is 6.72. The number of hydrogen-bond donors (Lipinski definition) is 2. The SMILES string of the molecule is CNC(=O)[C@@H]1CNCCN1C(=O)COc1ccccc1F.